The Kier molecular flexibility index (Phi) is 4.04. The molecule has 0 aliphatic rings. The Morgan fingerprint density at radius 1 is 1.30 bits per heavy atom. The first-order valence-electron chi connectivity index (χ1n) is 6.23. The fourth-order valence-corrected chi connectivity index (χ4v) is 2.64. The van der Waals surface area contributed by atoms with Gasteiger partial charge in [-0.05, 0) is 18.6 Å². The second-order valence-corrected chi connectivity index (χ2v) is 7.03. The fraction of sp³-hybridized carbons (Fsp3) is 0.286. The predicted octanol–water partition coefficient (Wildman–Crippen LogP) is 1.82. The quantitative estimate of drug-likeness (QED) is 0.849. The number of rotatable bonds is 5. The van der Waals surface area contributed by atoms with Gasteiger partial charge in [-0.25, -0.2) is 13.4 Å². The number of nitrogens with two attached hydrogens (primary N) is 1. The predicted molar refractivity (Wildman–Crippen MR) is 79.4 cm³/mol. The topological polar surface area (TPSA) is 90.1 Å². The van der Waals surface area contributed by atoms with Crippen LogP contribution in [0.3, 0.4) is 0 Å². The van der Waals surface area contributed by atoms with Gasteiger partial charge in [-0.2, -0.15) is 0 Å². The molecule has 0 saturated heterocycles. The highest BCUT2D eigenvalue weighted by Crippen LogP contribution is 2.20. The fourth-order valence-electron chi connectivity index (χ4n) is 1.97. The number of carbonyl (C=O) groups excluding carboxylic acids is 1. The summed E-state index contributed by atoms with van der Waals surface area (Å²) in [5.41, 5.74) is 7.36. The van der Waals surface area contributed by atoms with Crippen molar-refractivity contribution in [2.75, 3.05) is 17.7 Å². The van der Waals surface area contributed by atoms with Gasteiger partial charge in [-0.3, -0.25) is 4.79 Å². The first-order chi connectivity index (χ1) is 9.37. The number of hydrogen-bond donors (Lipinski definition) is 1. The molecule has 5 nitrogen and oxygen atoms in total. The summed E-state index contributed by atoms with van der Waals surface area (Å²) in [6, 6.07) is 8.86. The molecule has 20 heavy (non-hydrogen) atoms. The SMILES string of the molecule is CS(=O)(=O)CCCC(=O)c1cc(N)c2ccccc2n1. The molecule has 0 aliphatic carbocycles. The van der Waals surface area contributed by atoms with E-state index in [0.29, 0.717) is 17.6 Å². The Morgan fingerprint density at radius 3 is 2.70 bits per heavy atom. The summed E-state index contributed by atoms with van der Waals surface area (Å²) >= 11 is 0. The van der Waals surface area contributed by atoms with Gasteiger partial charge in [0.05, 0.1) is 11.3 Å². The van der Waals surface area contributed by atoms with E-state index in [1.54, 1.807) is 12.1 Å². The standard InChI is InChI=1S/C14H16N2O3S/c1-20(18,19)8-4-7-14(17)13-9-11(15)10-5-2-3-6-12(10)16-13/h2-3,5-6,9H,4,7-8H2,1H3,(H2,15,16). The van der Waals surface area contributed by atoms with Crippen LogP contribution in [-0.2, 0) is 9.84 Å². The van der Waals surface area contributed by atoms with Gasteiger partial charge in [-0.15, -0.1) is 0 Å². The van der Waals surface area contributed by atoms with Crippen LogP contribution in [-0.4, -0.2) is 31.2 Å². The number of carbonyl (C=O) groups is 1. The molecule has 0 amide bonds. The van der Waals surface area contributed by atoms with Crippen molar-refractivity contribution < 1.29 is 13.2 Å². The van der Waals surface area contributed by atoms with Crippen LogP contribution in [0.25, 0.3) is 10.9 Å². The van der Waals surface area contributed by atoms with Crippen LogP contribution in [0.2, 0.25) is 0 Å². The lowest BCUT2D eigenvalue weighted by atomic mass is 10.1. The molecule has 6 heteroatoms. The van der Waals surface area contributed by atoms with E-state index in [-0.39, 0.29) is 23.7 Å². The molecule has 2 aromatic rings. The maximum atomic E-state index is 12.0. The molecule has 0 saturated carbocycles. The van der Waals surface area contributed by atoms with Gasteiger partial charge < -0.3 is 5.73 Å². The Balaban J connectivity index is 2.18. The number of para-hydroxylation sites is 1. The van der Waals surface area contributed by atoms with Crippen molar-refractivity contribution in [3.63, 3.8) is 0 Å². The lowest BCUT2D eigenvalue weighted by Crippen LogP contribution is -2.08. The van der Waals surface area contributed by atoms with Crippen molar-refractivity contribution in [1.82, 2.24) is 4.98 Å². The summed E-state index contributed by atoms with van der Waals surface area (Å²) in [7, 11) is -3.04. The summed E-state index contributed by atoms with van der Waals surface area (Å²) in [4.78, 5) is 16.3. The summed E-state index contributed by atoms with van der Waals surface area (Å²) in [6.45, 7) is 0. The summed E-state index contributed by atoms with van der Waals surface area (Å²) in [5.74, 6) is -0.187. The van der Waals surface area contributed by atoms with Crippen molar-refractivity contribution in [2.24, 2.45) is 0 Å². The zero-order chi connectivity index (χ0) is 14.8. The third-order valence-electron chi connectivity index (χ3n) is 2.95. The maximum Gasteiger partial charge on any atom is 0.181 e. The first kappa shape index (κ1) is 14.5. The Labute approximate surface area is 117 Å². The number of anilines is 1. The Bertz CT molecular complexity index is 754. The normalized spacial score (nSPS) is 11.7. The van der Waals surface area contributed by atoms with Crippen molar-refractivity contribution in [3.05, 3.63) is 36.0 Å². The summed E-state index contributed by atoms with van der Waals surface area (Å²) < 4.78 is 22.1. The van der Waals surface area contributed by atoms with E-state index < -0.39 is 9.84 Å². The maximum absolute atomic E-state index is 12.0. The number of ketones is 1. The van der Waals surface area contributed by atoms with Crippen LogP contribution in [0.15, 0.2) is 30.3 Å². The number of hydrogen-bond acceptors (Lipinski definition) is 5. The molecule has 106 valence electrons. The molecular formula is C14H16N2O3S. The largest absolute Gasteiger partial charge is 0.398 e. The van der Waals surface area contributed by atoms with E-state index in [4.69, 9.17) is 5.73 Å². The van der Waals surface area contributed by atoms with Crippen LogP contribution in [0.5, 0.6) is 0 Å². The van der Waals surface area contributed by atoms with Crippen LogP contribution in [0, 0.1) is 0 Å². The molecule has 0 atom stereocenters. The lowest BCUT2D eigenvalue weighted by Gasteiger charge is -2.05. The molecule has 0 spiro atoms. The highest BCUT2D eigenvalue weighted by Gasteiger charge is 2.12. The second-order valence-electron chi connectivity index (χ2n) is 4.77. The molecule has 0 bridgehead atoms. The van der Waals surface area contributed by atoms with Gasteiger partial charge in [0, 0.05) is 23.8 Å². The molecular weight excluding hydrogens is 276 g/mol. The van der Waals surface area contributed by atoms with E-state index in [0.717, 1.165) is 11.6 Å². The van der Waals surface area contributed by atoms with Crippen LogP contribution < -0.4 is 5.73 Å². The minimum absolute atomic E-state index is 0.00179. The Morgan fingerprint density at radius 2 is 2.00 bits per heavy atom. The number of nitrogen functional groups attached to an aromatic ring is 1. The molecule has 0 aliphatic heterocycles. The number of Topliss-reactive ketones (excluding diaryl/α,β-unsaturated/α-hetero) is 1. The minimum Gasteiger partial charge on any atom is -0.398 e. The van der Waals surface area contributed by atoms with Gasteiger partial charge in [0.15, 0.2) is 5.78 Å². The molecule has 2 rings (SSSR count). The average molecular weight is 292 g/mol. The monoisotopic (exact) mass is 292 g/mol. The van der Waals surface area contributed by atoms with E-state index in [9.17, 15) is 13.2 Å². The van der Waals surface area contributed by atoms with Gasteiger partial charge in [0.1, 0.15) is 15.5 Å². The number of fused-ring (bicyclic) bond motifs is 1. The second kappa shape index (κ2) is 5.58. The number of nitrogens with zero attached hydrogens (tertiary/aromatic N) is 1. The molecule has 1 heterocycles. The van der Waals surface area contributed by atoms with Crippen LogP contribution >= 0.6 is 0 Å². The van der Waals surface area contributed by atoms with E-state index in [2.05, 4.69) is 4.98 Å². The van der Waals surface area contributed by atoms with Gasteiger partial charge >= 0.3 is 0 Å². The molecule has 0 unspecified atom stereocenters. The molecule has 1 aromatic carbocycles. The lowest BCUT2D eigenvalue weighted by molar-refractivity contribution is 0.0977. The van der Waals surface area contributed by atoms with Gasteiger partial charge in [0.2, 0.25) is 0 Å². The van der Waals surface area contributed by atoms with E-state index in [1.165, 1.54) is 0 Å². The summed E-state index contributed by atoms with van der Waals surface area (Å²) in [6.07, 6.45) is 1.60. The van der Waals surface area contributed by atoms with Crippen molar-refractivity contribution >= 4 is 32.2 Å². The minimum atomic E-state index is -3.04. The molecule has 1 aromatic heterocycles. The zero-order valence-corrected chi connectivity index (χ0v) is 12.0. The molecule has 2 N–H and O–H groups in total. The van der Waals surface area contributed by atoms with Gasteiger partial charge in [-0.1, -0.05) is 18.2 Å². The molecule has 0 radical (unpaired) electrons. The Hall–Kier alpha value is -1.95. The zero-order valence-electron chi connectivity index (χ0n) is 11.2. The van der Waals surface area contributed by atoms with Crippen LogP contribution in [0.4, 0.5) is 5.69 Å². The van der Waals surface area contributed by atoms with Gasteiger partial charge in [0.25, 0.3) is 0 Å². The number of aromatic nitrogens is 1. The number of sulfone groups is 1. The first-order valence-corrected chi connectivity index (χ1v) is 8.29. The van der Waals surface area contributed by atoms with Crippen LogP contribution in [0.1, 0.15) is 23.3 Å². The van der Waals surface area contributed by atoms with E-state index in [1.807, 2.05) is 18.2 Å². The van der Waals surface area contributed by atoms with E-state index >= 15 is 0 Å². The average Bonchev–Trinajstić information content (AvgIpc) is 2.37. The number of pyridine rings is 1. The third-order valence-corrected chi connectivity index (χ3v) is 3.98. The third kappa shape index (κ3) is 3.54. The van der Waals surface area contributed by atoms with Crippen molar-refractivity contribution in [1.29, 1.82) is 0 Å². The highest BCUT2D eigenvalue weighted by atomic mass is 32.2. The van der Waals surface area contributed by atoms with Crippen molar-refractivity contribution in [3.8, 4) is 0 Å². The highest BCUT2D eigenvalue weighted by molar-refractivity contribution is 7.90. The molecule has 0 fully saturated rings. The summed E-state index contributed by atoms with van der Waals surface area (Å²) in [5, 5.41) is 0.806. The smallest absolute Gasteiger partial charge is 0.181 e. The number of benzene rings is 1. The van der Waals surface area contributed by atoms with Crippen molar-refractivity contribution in [2.45, 2.75) is 12.8 Å².